The maximum atomic E-state index is 12.9. The van der Waals surface area contributed by atoms with Crippen molar-refractivity contribution in [1.82, 2.24) is 0 Å². The summed E-state index contributed by atoms with van der Waals surface area (Å²) in [6, 6.07) is 21.9. The van der Waals surface area contributed by atoms with Crippen molar-refractivity contribution < 1.29 is 9.21 Å². The number of benzene rings is 2. The highest BCUT2D eigenvalue weighted by atomic mass is 16.3. The Morgan fingerprint density at radius 1 is 1.04 bits per heavy atom. The van der Waals surface area contributed by atoms with Gasteiger partial charge in [-0.25, -0.2) is 0 Å². The fourth-order valence-corrected chi connectivity index (χ4v) is 3.51. The number of para-hydroxylation sites is 2. The van der Waals surface area contributed by atoms with E-state index in [1.54, 1.807) is 12.1 Å². The number of fused-ring (bicyclic) bond motifs is 1. The smallest absolute Gasteiger partial charge is 0.294 e. The SMILES string of the molecule is C[C@H]1C[C@H](Nc2ccccc2)c2ccccc2N1C(=O)c1ccco1. The van der Waals surface area contributed by atoms with Crippen LogP contribution >= 0.6 is 0 Å². The molecule has 25 heavy (non-hydrogen) atoms. The van der Waals surface area contributed by atoms with Crippen molar-refractivity contribution in [2.75, 3.05) is 10.2 Å². The zero-order valence-corrected chi connectivity index (χ0v) is 14.1. The van der Waals surface area contributed by atoms with Gasteiger partial charge in [0.05, 0.1) is 12.3 Å². The summed E-state index contributed by atoms with van der Waals surface area (Å²) in [7, 11) is 0. The predicted molar refractivity (Wildman–Crippen MR) is 98.8 cm³/mol. The molecule has 4 nitrogen and oxygen atoms in total. The number of carbonyl (C=O) groups is 1. The monoisotopic (exact) mass is 332 g/mol. The second kappa shape index (κ2) is 6.48. The molecule has 0 radical (unpaired) electrons. The highest BCUT2D eigenvalue weighted by molar-refractivity contribution is 6.05. The van der Waals surface area contributed by atoms with Crippen LogP contribution in [-0.4, -0.2) is 11.9 Å². The van der Waals surface area contributed by atoms with Crippen molar-refractivity contribution in [3.05, 3.63) is 84.3 Å². The number of nitrogens with zero attached hydrogens (tertiary/aromatic N) is 1. The minimum Gasteiger partial charge on any atom is -0.459 e. The van der Waals surface area contributed by atoms with Gasteiger partial charge in [0.15, 0.2) is 5.76 Å². The molecule has 2 aromatic carbocycles. The molecule has 1 aromatic heterocycles. The Labute approximate surface area is 147 Å². The standard InChI is InChI=1S/C21H20N2O2/c1-15-14-18(22-16-8-3-2-4-9-16)17-10-5-6-11-19(17)23(15)21(24)20-12-7-13-25-20/h2-13,15,18,22H,14H2,1H3/t15-,18-/m0/s1. The van der Waals surface area contributed by atoms with Gasteiger partial charge in [-0.15, -0.1) is 0 Å². The van der Waals surface area contributed by atoms with Crippen LogP contribution < -0.4 is 10.2 Å². The molecule has 2 atom stereocenters. The van der Waals surface area contributed by atoms with E-state index in [0.717, 1.165) is 23.4 Å². The molecule has 1 aliphatic rings. The minimum atomic E-state index is -0.0943. The number of carbonyl (C=O) groups excluding carboxylic acids is 1. The number of anilines is 2. The number of furan rings is 1. The molecule has 0 bridgehead atoms. The molecule has 0 saturated carbocycles. The molecule has 1 aliphatic heterocycles. The number of hydrogen-bond acceptors (Lipinski definition) is 3. The summed E-state index contributed by atoms with van der Waals surface area (Å²) < 4.78 is 5.33. The van der Waals surface area contributed by atoms with Crippen LogP contribution in [0.2, 0.25) is 0 Å². The van der Waals surface area contributed by atoms with Gasteiger partial charge >= 0.3 is 0 Å². The van der Waals surface area contributed by atoms with Crippen LogP contribution in [-0.2, 0) is 0 Å². The van der Waals surface area contributed by atoms with Gasteiger partial charge < -0.3 is 14.6 Å². The minimum absolute atomic E-state index is 0.0636. The summed E-state index contributed by atoms with van der Waals surface area (Å²) in [4.78, 5) is 14.8. The molecule has 4 rings (SSSR count). The van der Waals surface area contributed by atoms with E-state index in [1.807, 2.05) is 41.3 Å². The third-order valence-electron chi connectivity index (χ3n) is 4.65. The highest BCUT2D eigenvalue weighted by Crippen LogP contribution is 2.39. The van der Waals surface area contributed by atoms with Crippen LogP contribution in [0.3, 0.4) is 0 Å². The molecule has 0 unspecified atom stereocenters. The molecule has 0 saturated heterocycles. The van der Waals surface area contributed by atoms with Crippen molar-refractivity contribution in [1.29, 1.82) is 0 Å². The second-order valence-electron chi connectivity index (χ2n) is 6.36. The average Bonchev–Trinajstić information content (AvgIpc) is 3.17. The lowest BCUT2D eigenvalue weighted by Gasteiger charge is -2.39. The molecule has 0 aliphatic carbocycles. The van der Waals surface area contributed by atoms with Gasteiger partial charge in [-0.05, 0) is 49.2 Å². The number of rotatable bonds is 3. The normalized spacial score (nSPS) is 19.3. The Morgan fingerprint density at radius 2 is 1.80 bits per heavy atom. The third-order valence-corrected chi connectivity index (χ3v) is 4.65. The molecule has 1 N–H and O–H groups in total. The predicted octanol–water partition coefficient (Wildman–Crippen LogP) is 4.87. The molecule has 3 aromatic rings. The Kier molecular flexibility index (Phi) is 4.02. The number of hydrogen-bond donors (Lipinski definition) is 1. The lowest BCUT2D eigenvalue weighted by Crippen LogP contribution is -2.44. The molecule has 2 heterocycles. The fourth-order valence-electron chi connectivity index (χ4n) is 3.51. The van der Waals surface area contributed by atoms with E-state index in [1.165, 1.54) is 6.26 Å². The van der Waals surface area contributed by atoms with Gasteiger partial charge in [-0.3, -0.25) is 4.79 Å². The van der Waals surface area contributed by atoms with E-state index >= 15 is 0 Å². The molecular formula is C21H20N2O2. The van der Waals surface area contributed by atoms with Crippen molar-refractivity contribution in [2.45, 2.75) is 25.4 Å². The second-order valence-corrected chi connectivity index (χ2v) is 6.36. The van der Waals surface area contributed by atoms with E-state index < -0.39 is 0 Å². The first-order valence-corrected chi connectivity index (χ1v) is 8.51. The van der Waals surface area contributed by atoms with Gasteiger partial charge in [0, 0.05) is 17.4 Å². The maximum Gasteiger partial charge on any atom is 0.294 e. The molecular weight excluding hydrogens is 312 g/mol. The van der Waals surface area contributed by atoms with Crippen molar-refractivity contribution in [3.8, 4) is 0 Å². The van der Waals surface area contributed by atoms with Gasteiger partial charge in [0.1, 0.15) is 0 Å². The first-order chi connectivity index (χ1) is 12.2. The van der Waals surface area contributed by atoms with Gasteiger partial charge in [0.2, 0.25) is 0 Å². The van der Waals surface area contributed by atoms with Gasteiger partial charge in [-0.2, -0.15) is 0 Å². The van der Waals surface area contributed by atoms with Crippen LogP contribution in [0.4, 0.5) is 11.4 Å². The Balaban J connectivity index is 1.69. The summed E-state index contributed by atoms with van der Waals surface area (Å²) in [5.41, 5.74) is 3.15. The van der Waals surface area contributed by atoms with Gasteiger partial charge in [0.25, 0.3) is 5.91 Å². The van der Waals surface area contributed by atoms with Crippen LogP contribution in [0.25, 0.3) is 0 Å². The quantitative estimate of drug-likeness (QED) is 0.744. The average molecular weight is 332 g/mol. The van der Waals surface area contributed by atoms with Crippen LogP contribution in [0.5, 0.6) is 0 Å². The topological polar surface area (TPSA) is 45.5 Å². The summed E-state index contributed by atoms with van der Waals surface area (Å²) in [6.45, 7) is 2.08. The van der Waals surface area contributed by atoms with Crippen LogP contribution in [0, 0.1) is 0 Å². The third kappa shape index (κ3) is 2.91. The molecule has 0 spiro atoms. The van der Waals surface area contributed by atoms with Crippen molar-refractivity contribution in [2.24, 2.45) is 0 Å². The lowest BCUT2D eigenvalue weighted by molar-refractivity contribution is 0.0947. The molecule has 0 fully saturated rings. The number of amides is 1. The number of nitrogens with one attached hydrogen (secondary N) is 1. The first kappa shape index (κ1) is 15.5. The Bertz CT molecular complexity index is 859. The zero-order valence-electron chi connectivity index (χ0n) is 14.1. The van der Waals surface area contributed by atoms with E-state index in [2.05, 4.69) is 30.4 Å². The highest BCUT2D eigenvalue weighted by Gasteiger charge is 2.34. The van der Waals surface area contributed by atoms with E-state index in [0.29, 0.717) is 5.76 Å². The Hall–Kier alpha value is -3.01. The van der Waals surface area contributed by atoms with Crippen molar-refractivity contribution in [3.63, 3.8) is 0 Å². The Morgan fingerprint density at radius 3 is 2.56 bits per heavy atom. The van der Waals surface area contributed by atoms with Gasteiger partial charge in [-0.1, -0.05) is 36.4 Å². The van der Waals surface area contributed by atoms with E-state index in [-0.39, 0.29) is 18.0 Å². The lowest BCUT2D eigenvalue weighted by atomic mass is 9.91. The summed E-state index contributed by atoms with van der Waals surface area (Å²) >= 11 is 0. The summed E-state index contributed by atoms with van der Waals surface area (Å²) in [5.74, 6) is 0.277. The van der Waals surface area contributed by atoms with Crippen LogP contribution in [0.1, 0.15) is 35.5 Å². The molecule has 126 valence electrons. The summed E-state index contributed by atoms with van der Waals surface area (Å²) in [6.07, 6.45) is 2.37. The first-order valence-electron chi connectivity index (χ1n) is 8.51. The largest absolute Gasteiger partial charge is 0.459 e. The molecule has 4 heteroatoms. The maximum absolute atomic E-state index is 12.9. The summed E-state index contributed by atoms with van der Waals surface area (Å²) in [5, 5.41) is 3.60. The van der Waals surface area contributed by atoms with Crippen LogP contribution in [0.15, 0.2) is 77.4 Å². The van der Waals surface area contributed by atoms with E-state index in [9.17, 15) is 4.79 Å². The van der Waals surface area contributed by atoms with Crippen molar-refractivity contribution >= 4 is 17.3 Å². The fraction of sp³-hybridized carbons (Fsp3) is 0.190. The van der Waals surface area contributed by atoms with E-state index in [4.69, 9.17) is 4.42 Å². The zero-order chi connectivity index (χ0) is 17.2. The molecule has 1 amide bonds.